The quantitative estimate of drug-likeness (QED) is 0.863. The Balaban J connectivity index is 2.01. The van der Waals surface area contributed by atoms with E-state index in [1.807, 2.05) is 25.1 Å². The molecular weight excluding hydrogens is 224 g/mol. The van der Waals surface area contributed by atoms with Gasteiger partial charge in [0.25, 0.3) is 0 Å². The molecule has 0 aliphatic rings. The number of hydrogen-bond donors (Lipinski definition) is 2. The summed E-state index contributed by atoms with van der Waals surface area (Å²) in [4.78, 5) is 11.5. The lowest BCUT2D eigenvalue weighted by Gasteiger charge is -2.08. The molecule has 2 aromatic rings. The van der Waals surface area contributed by atoms with Gasteiger partial charge in [0.1, 0.15) is 0 Å². The maximum absolute atomic E-state index is 11.5. The Hall–Kier alpha value is -1.87. The smallest absolute Gasteiger partial charge is 0.221 e. The standard InChI is InChI=1S/C15H18N2O/c1-11(16)8-15(18)17-10-12-6-7-13-4-2-3-5-14(13)9-12/h2-7,9,11H,8,10,16H2,1H3,(H,17,18). The van der Waals surface area contributed by atoms with Crippen LogP contribution in [0, 0.1) is 0 Å². The van der Waals surface area contributed by atoms with E-state index in [1.165, 1.54) is 10.8 Å². The molecule has 0 aliphatic heterocycles. The lowest BCUT2D eigenvalue weighted by Crippen LogP contribution is -2.29. The Morgan fingerprint density at radius 1 is 1.22 bits per heavy atom. The van der Waals surface area contributed by atoms with Crippen molar-refractivity contribution in [2.24, 2.45) is 5.73 Å². The zero-order valence-corrected chi connectivity index (χ0v) is 10.5. The molecule has 0 bridgehead atoms. The van der Waals surface area contributed by atoms with Crippen LogP contribution in [0.4, 0.5) is 0 Å². The fraction of sp³-hybridized carbons (Fsp3) is 0.267. The molecule has 3 nitrogen and oxygen atoms in total. The summed E-state index contributed by atoms with van der Waals surface area (Å²) in [6.07, 6.45) is 0.369. The van der Waals surface area contributed by atoms with Crippen LogP contribution >= 0.6 is 0 Å². The number of carbonyl (C=O) groups excluding carboxylic acids is 1. The predicted octanol–water partition coefficient (Wildman–Crippen LogP) is 2.19. The molecule has 1 unspecified atom stereocenters. The van der Waals surface area contributed by atoms with Crippen molar-refractivity contribution in [1.82, 2.24) is 5.32 Å². The summed E-state index contributed by atoms with van der Waals surface area (Å²) in [6.45, 7) is 2.38. The van der Waals surface area contributed by atoms with Gasteiger partial charge in [0.2, 0.25) is 5.91 Å². The minimum Gasteiger partial charge on any atom is -0.352 e. The highest BCUT2D eigenvalue weighted by molar-refractivity contribution is 5.83. The summed E-state index contributed by atoms with van der Waals surface area (Å²) in [6, 6.07) is 14.3. The minimum atomic E-state index is -0.0957. The van der Waals surface area contributed by atoms with E-state index in [-0.39, 0.29) is 11.9 Å². The van der Waals surface area contributed by atoms with Gasteiger partial charge in [-0.15, -0.1) is 0 Å². The maximum atomic E-state index is 11.5. The van der Waals surface area contributed by atoms with Crippen molar-refractivity contribution in [3.05, 3.63) is 48.0 Å². The van der Waals surface area contributed by atoms with Crippen molar-refractivity contribution in [3.8, 4) is 0 Å². The number of amides is 1. The Morgan fingerprint density at radius 3 is 2.67 bits per heavy atom. The summed E-state index contributed by atoms with van der Waals surface area (Å²) in [5.74, 6) is -0.00170. The van der Waals surface area contributed by atoms with Gasteiger partial charge >= 0.3 is 0 Å². The molecule has 2 rings (SSSR count). The molecule has 1 amide bonds. The van der Waals surface area contributed by atoms with Crippen molar-refractivity contribution in [3.63, 3.8) is 0 Å². The fourth-order valence-electron chi connectivity index (χ4n) is 1.91. The largest absolute Gasteiger partial charge is 0.352 e. The number of rotatable bonds is 4. The molecule has 2 aromatic carbocycles. The molecule has 0 fully saturated rings. The summed E-state index contributed by atoms with van der Waals surface area (Å²) >= 11 is 0. The molecular formula is C15H18N2O. The second-order valence-corrected chi connectivity index (χ2v) is 4.64. The van der Waals surface area contributed by atoms with E-state index in [1.54, 1.807) is 0 Å². The molecule has 0 saturated carbocycles. The van der Waals surface area contributed by atoms with Crippen molar-refractivity contribution in [2.75, 3.05) is 0 Å². The van der Waals surface area contributed by atoms with Gasteiger partial charge in [0, 0.05) is 19.0 Å². The van der Waals surface area contributed by atoms with E-state index in [2.05, 4.69) is 29.6 Å². The lowest BCUT2D eigenvalue weighted by molar-refractivity contribution is -0.121. The van der Waals surface area contributed by atoms with Crippen molar-refractivity contribution in [1.29, 1.82) is 0 Å². The van der Waals surface area contributed by atoms with Gasteiger partial charge in [-0.05, 0) is 29.3 Å². The Morgan fingerprint density at radius 2 is 1.94 bits per heavy atom. The third-order valence-corrected chi connectivity index (χ3v) is 2.81. The Kier molecular flexibility index (Phi) is 3.95. The van der Waals surface area contributed by atoms with E-state index in [0.29, 0.717) is 13.0 Å². The molecule has 0 heterocycles. The first-order chi connectivity index (χ1) is 8.65. The first-order valence-corrected chi connectivity index (χ1v) is 6.15. The molecule has 3 heteroatoms. The van der Waals surface area contributed by atoms with E-state index in [9.17, 15) is 4.79 Å². The second-order valence-electron chi connectivity index (χ2n) is 4.64. The number of nitrogens with one attached hydrogen (secondary N) is 1. The van der Waals surface area contributed by atoms with E-state index in [4.69, 9.17) is 5.73 Å². The summed E-state index contributed by atoms with van der Waals surface area (Å²) in [5.41, 5.74) is 6.68. The third kappa shape index (κ3) is 3.31. The summed E-state index contributed by atoms with van der Waals surface area (Å²) < 4.78 is 0. The van der Waals surface area contributed by atoms with Crippen LogP contribution in [0.2, 0.25) is 0 Å². The number of nitrogens with two attached hydrogens (primary N) is 1. The van der Waals surface area contributed by atoms with Crippen LogP contribution in [-0.4, -0.2) is 11.9 Å². The minimum absolute atomic E-state index is 0.00170. The van der Waals surface area contributed by atoms with Crippen molar-refractivity contribution in [2.45, 2.75) is 25.9 Å². The van der Waals surface area contributed by atoms with Gasteiger partial charge in [-0.25, -0.2) is 0 Å². The first kappa shape index (κ1) is 12.6. The van der Waals surface area contributed by atoms with Crippen LogP contribution in [0.3, 0.4) is 0 Å². The number of benzene rings is 2. The first-order valence-electron chi connectivity index (χ1n) is 6.15. The Bertz CT molecular complexity index is 549. The normalized spacial score (nSPS) is 12.3. The third-order valence-electron chi connectivity index (χ3n) is 2.81. The molecule has 1 atom stereocenters. The SMILES string of the molecule is CC(N)CC(=O)NCc1ccc2ccccc2c1. The second kappa shape index (κ2) is 5.65. The molecule has 18 heavy (non-hydrogen) atoms. The monoisotopic (exact) mass is 242 g/mol. The van der Waals surface area contributed by atoms with Gasteiger partial charge in [0.15, 0.2) is 0 Å². The van der Waals surface area contributed by atoms with Crippen LogP contribution in [0.25, 0.3) is 10.8 Å². The van der Waals surface area contributed by atoms with Crippen LogP contribution in [0.5, 0.6) is 0 Å². The van der Waals surface area contributed by atoms with E-state index in [0.717, 1.165) is 5.56 Å². The topological polar surface area (TPSA) is 55.1 Å². The summed E-state index contributed by atoms with van der Waals surface area (Å²) in [7, 11) is 0. The lowest BCUT2D eigenvalue weighted by atomic mass is 10.1. The maximum Gasteiger partial charge on any atom is 0.221 e. The highest BCUT2D eigenvalue weighted by atomic mass is 16.1. The predicted molar refractivity (Wildman–Crippen MR) is 74.1 cm³/mol. The van der Waals surface area contributed by atoms with Crippen LogP contribution in [0.15, 0.2) is 42.5 Å². The molecule has 0 aliphatic carbocycles. The number of hydrogen-bond acceptors (Lipinski definition) is 2. The van der Waals surface area contributed by atoms with E-state index >= 15 is 0 Å². The number of carbonyl (C=O) groups is 1. The van der Waals surface area contributed by atoms with Gasteiger partial charge in [-0.3, -0.25) is 4.79 Å². The highest BCUT2D eigenvalue weighted by Gasteiger charge is 2.04. The van der Waals surface area contributed by atoms with Gasteiger partial charge in [-0.1, -0.05) is 36.4 Å². The molecule has 0 saturated heterocycles. The van der Waals surface area contributed by atoms with Gasteiger partial charge in [0.05, 0.1) is 0 Å². The summed E-state index contributed by atoms with van der Waals surface area (Å²) in [5, 5.41) is 5.28. The van der Waals surface area contributed by atoms with Gasteiger partial charge in [-0.2, -0.15) is 0 Å². The molecule has 0 aromatic heterocycles. The zero-order valence-electron chi connectivity index (χ0n) is 10.5. The fourth-order valence-corrected chi connectivity index (χ4v) is 1.91. The average molecular weight is 242 g/mol. The Labute approximate surface area is 107 Å². The van der Waals surface area contributed by atoms with E-state index < -0.39 is 0 Å². The van der Waals surface area contributed by atoms with Crippen LogP contribution < -0.4 is 11.1 Å². The molecule has 3 N–H and O–H groups in total. The van der Waals surface area contributed by atoms with Gasteiger partial charge < -0.3 is 11.1 Å². The number of fused-ring (bicyclic) bond motifs is 1. The molecule has 0 radical (unpaired) electrons. The highest BCUT2D eigenvalue weighted by Crippen LogP contribution is 2.15. The van der Waals surface area contributed by atoms with Crippen LogP contribution in [-0.2, 0) is 11.3 Å². The molecule has 94 valence electrons. The van der Waals surface area contributed by atoms with Crippen LogP contribution in [0.1, 0.15) is 18.9 Å². The van der Waals surface area contributed by atoms with Crippen molar-refractivity contribution >= 4 is 16.7 Å². The zero-order chi connectivity index (χ0) is 13.0. The molecule has 0 spiro atoms. The average Bonchev–Trinajstić information content (AvgIpc) is 2.35. The van der Waals surface area contributed by atoms with Crippen molar-refractivity contribution < 1.29 is 4.79 Å².